The fraction of sp³-hybridized carbons (Fsp3) is 0.733. The van der Waals surface area contributed by atoms with Gasteiger partial charge in [-0.1, -0.05) is 18.6 Å². The van der Waals surface area contributed by atoms with Crippen molar-refractivity contribution < 1.29 is 9.59 Å². The van der Waals surface area contributed by atoms with Gasteiger partial charge in [0.25, 0.3) is 0 Å². The Bertz CT molecular complexity index is 376. The smallest absolute Gasteiger partial charge is 0.246 e. The lowest BCUT2D eigenvalue weighted by Gasteiger charge is -2.16. The Hall–Kier alpha value is -1.16. The molecule has 0 saturated carbocycles. The van der Waals surface area contributed by atoms with Crippen LogP contribution in [0.3, 0.4) is 0 Å². The van der Waals surface area contributed by atoms with E-state index in [2.05, 4.69) is 11.4 Å². The third-order valence-corrected chi connectivity index (χ3v) is 3.91. The van der Waals surface area contributed by atoms with Crippen LogP contribution in [-0.4, -0.2) is 35.8 Å². The zero-order valence-electron chi connectivity index (χ0n) is 11.8. The molecule has 1 atom stereocenters. The highest BCUT2D eigenvalue weighted by Gasteiger charge is 2.37. The van der Waals surface area contributed by atoms with Crippen molar-refractivity contribution in [3.63, 3.8) is 0 Å². The summed E-state index contributed by atoms with van der Waals surface area (Å²) in [4.78, 5) is 25.1. The van der Waals surface area contributed by atoms with E-state index in [0.717, 1.165) is 19.4 Å². The lowest BCUT2D eigenvalue weighted by molar-refractivity contribution is -0.138. The predicted octanol–water partition coefficient (Wildman–Crippen LogP) is 2.00. The van der Waals surface area contributed by atoms with E-state index in [-0.39, 0.29) is 17.9 Å². The SMILES string of the molecule is CCCN1C(=O)CC(NCCC2=CCCCC2)C1=O. The Morgan fingerprint density at radius 3 is 2.89 bits per heavy atom. The molecule has 0 aromatic carbocycles. The molecule has 2 amide bonds. The largest absolute Gasteiger partial charge is 0.305 e. The summed E-state index contributed by atoms with van der Waals surface area (Å²) in [6, 6.07) is -0.289. The van der Waals surface area contributed by atoms with Gasteiger partial charge in [0.05, 0.1) is 12.5 Å². The zero-order chi connectivity index (χ0) is 13.7. The van der Waals surface area contributed by atoms with Crippen molar-refractivity contribution in [1.82, 2.24) is 10.2 Å². The molecule has 4 heteroatoms. The number of imide groups is 1. The number of carbonyl (C=O) groups is 2. The fourth-order valence-electron chi connectivity index (χ4n) is 2.84. The van der Waals surface area contributed by atoms with E-state index >= 15 is 0 Å². The first-order valence-corrected chi connectivity index (χ1v) is 7.48. The summed E-state index contributed by atoms with van der Waals surface area (Å²) >= 11 is 0. The first-order chi connectivity index (χ1) is 9.22. The second kappa shape index (κ2) is 6.85. The number of hydrogen-bond donors (Lipinski definition) is 1. The van der Waals surface area contributed by atoms with Gasteiger partial charge >= 0.3 is 0 Å². The summed E-state index contributed by atoms with van der Waals surface area (Å²) in [5.74, 6) is -0.0642. The molecule has 0 spiro atoms. The van der Waals surface area contributed by atoms with Gasteiger partial charge in [-0.05, 0) is 45.1 Å². The molecule has 1 aliphatic heterocycles. The van der Waals surface area contributed by atoms with E-state index < -0.39 is 0 Å². The van der Waals surface area contributed by atoms with Crippen molar-refractivity contribution >= 4 is 11.8 Å². The Balaban J connectivity index is 1.76. The lowest BCUT2D eigenvalue weighted by Crippen LogP contribution is -2.39. The van der Waals surface area contributed by atoms with Crippen LogP contribution < -0.4 is 5.32 Å². The molecular formula is C15H24N2O2. The second-order valence-corrected chi connectivity index (χ2v) is 5.45. The summed E-state index contributed by atoms with van der Waals surface area (Å²) in [5, 5.41) is 3.24. The highest BCUT2D eigenvalue weighted by molar-refractivity contribution is 6.05. The van der Waals surface area contributed by atoms with Gasteiger partial charge in [-0.25, -0.2) is 0 Å². The molecular weight excluding hydrogens is 240 g/mol. The third kappa shape index (κ3) is 3.66. The van der Waals surface area contributed by atoms with E-state index in [1.807, 2.05) is 6.92 Å². The van der Waals surface area contributed by atoms with Crippen molar-refractivity contribution in [3.05, 3.63) is 11.6 Å². The topological polar surface area (TPSA) is 49.4 Å². The Morgan fingerprint density at radius 2 is 2.21 bits per heavy atom. The van der Waals surface area contributed by atoms with Crippen LogP contribution in [0.4, 0.5) is 0 Å². The summed E-state index contributed by atoms with van der Waals surface area (Å²) in [6.45, 7) is 3.34. The van der Waals surface area contributed by atoms with Crippen molar-refractivity contribution in [2.24, 2.45) is 0 Å². The maximum Gasteiger partial charge on any atom is 0.246 e. The van der Waals surface area contributed by atoms with E-state index in [0.29, 0.717) is 13.0 Å². The number of likely N-dealkylation sites (tertiary alicyclic amines) is 1. The zero-order valence-corrected chi connectivity index (χ0v) is 11.8. The molecule has 1 fully saturated rings. The van der Waals surface area contributed by atoms with Gasteiger partial charge in [-0.15, -0.1) is 0 Å². The summed E-state index contributed by atoms with van der Waals surface area (Å²) in [7, 11) is 0. The number of hydrogen-bond acceptors (Lipinski definition) is 3. The highest BCUT2D eigenvalue weighted by atomic mass is 16.2. The number of carbonyl (C=O) groups excluding carboxylic acids is 2. The minimum absolute atomic E-state index is 0.0266. The summed E-state index contributed by atoms with van der Waals surface area (Å²) in [5.41, 5.74) is 1.50. The average Bonchev–Trinajstić information content (AvgIpc) is 2.68. The van der Waals surface area contributed by atoms with Gasteiger partial charge in [0, 0.05) is 6.54 Å². The molecule has 4 nitrogen and oxygen atoms in total. The molecule has 1 N–H and O–H groups in total. The van der Waals surface area contributed by atoms with E-state index in [1.165, 1.54) is 36.2 Å². The van der Waals surface area contributed by atoms with Gasteiger partial charge in [-0.3, -0.25) is 14.5 Å². The molecule has 1 unspecified atom stereocenters. The molecule has 0 radical (unpaired) electrons. The van der Waals surface area contributed by atoms with Gasteiger partial charge in [0.1, 0.15) is 0 Å². The van der Waals surface area contributed by atoms with Crippen LogP contribution in [0, 0.1) is 0 Å². The van der Waals surface area contributed by atoms with Gasteiger partial charge in [0.15, 0.2) is 0 Å². The maximum atomic E-state index is 12.0. The average molecular weight is 264 g/mol. The van der Waals surface area contributed by atoms with Gasteiger partial charge in [0.2, 0.25) is 11.8 Å². The number of allylic oxidation sites excluding steroid dienone is 1. The van der Waals surface area contributed by atoms with E-state index in [4.69, 9.17) is 0 Å². The predicted molar refractivity (Wildman–Crippen MR) is 74.6 cm³/mol. The number of nitrogens with one attached hydrogen (secondary N) is 1. The molecule has 106 valence electrons. The highest BCUT2D eigenvalue weighted by Crippen LogP contribution is 2.20. The Morgan fingerprint density at radius 1 is 1.37 bits per heavy atom. The summed E-state index contributed by atoms with van der Waals surface area (Å²) in [6.07, 6.45) is 9.48. The molecule has 1 aliphatic carbocycles. The van der Waals surface area contributed by atoms with Crippen LogP contribution >= 0.6 is 0 Å². The number of rotatable bonds is 6. The minimum Gasteiger partial charge on any atom is -0.305 e. The normalized spacial score (nSPS) is 23.9. The van der Waals surface area contributed by atoms with E-state index in [1.54, 1.807) is 0 Å². The maximum absolute atomic E-state index is 12.0. The Kier molecular flexibility index (Phi) is 5.14. The first-order valence-electron chi connectivity index (χ1n) is 7.48. The van der Waals surface area contributed by atoms with Crippen LogP contribution in [0.2, 0.25) is 0 Å². The first kappa shape index (κ1) is 14.3. The van der Waals surface area contributed by atoms with Crippen LogP contribution in [0.25, 0.3) is 0 Å². The van der Waals surface area contributed by atoms with Crippen LogP contribution in [0.1, 0.15) is 51.9 Å². The minimum atomic E-state index is -0.289. The Labute approximate surface area is 115 Å². The monoisotopic (exact) mass is 264 g/mol. The molecule has 0 aromatic heterocycles. The molecule has 0 aromatic rings. The van der Waals surface area contributed by atoms with E-state index in [9.17, 15) is 9.59 Å². The van der Waals surface area contributed by atoms with Gasteiger partial charge in [-0.2, -0.15) is 0 Å². The standard InChI is InChI=1S/C15H24N2O2/c1-2-10-17-14(18)11-13(15(17)19)16-9-8-12-6-4-3-5-7-12/h6,13,16H,2-5,7-11H2,1H3. The molecule has 19 heavy (non-hydrogen) atoms. The molecule has 0 bridgehead atoms. The third-order valence-electron chi connectivity index (χ3n) is 3.91. The van der Waals surface area contributed by atoms with Crippen molar-refractivity contribution in [3.8, 4) is 0 Å². The lowest BCUT2D eigenvalue weighted by atomic mass is 9.97. The summed E-state index contributed by atoms with van der Waals surface area (Å²) < 4.78 is 0. The quantitative estimate of drug-likeness (QED) is 0.589. The molecule has 2 rings (SSSR count). The fourth-order valence-corrected chi connectivity index (χ4v) is 2.84. The van der Waals surface area contributed by atoms with Crippen LogP contribution in [0.15, 0.2) is 11.6 Å². The molecule has 1 saturated heterocycles. The second-order valence-electron chi connectivity index (χ2n) is 5.45. The van der Waals surface area contributed by atoms with Crippen molar-refractivity contribution in [2.75, 3.05) is 13.1 Å². The molecule has 1 heterocycles. The van der Waals surface area contributed by atoms with Crippen LogP contribution in [-0.2, 0) is 9.59 Å². The van der Waals surface area contributed by atoms with Crippen LogP contribution in [0.5, 0.6) is 0 Å². The van der Waals surface area contributed by atoms with Gasteiger partial charge < -0.3 is 5.32 Å². The number of amides is 2. The molecule has 2 aliphatic rings. The van der Waals surface area contributed by atoms with Crippen molar-refractivity contribution in [2.45, 2.75) is 57.9 Å². The number of nitrogens with zero attached hydrogens (tertiary/aromatic N) is 1. The van der Waals surface area contributed by atoms with Crippen molar-refractivity contribution in [1.29, 1.82) is 0 Å².